The number of amides is 1. The number of benzene rings is 1. The third kappa shape index (κ3) is 3.45. The average Bonchev–Trinajstić information content (AvgIpc) is 3.29. The molecule has 1 aliphatic carbocycles. The van der Waals surface area contributed by atoms with Crippen LogP contribution in [0.4, 0.5) is 0 Å². The fourth-order valence-corrected chi connectivity index (χ4v) is 3.04. The first-order chi connectivity index (χ1) is 10.7. The molecule has 1 aromatic carbocycles. The zero-order chi connectivity index (χ0) is 15.5. The number of rotatable bonds is 6. The fourth-order valence-electron chi connectivity index (χ4n) is 2.24. The lowest BCUT2D eigenvalue weighted by Crippen LogP contribution is -2.38. The highest BCUT2D eigenvalue weighted by molar-refractivity contribution is 7.13. The first kappa shape index (κ1) is 15.0. The van der Waals surface area contributed by atoms with Crippen LogP contribution in [0.15, 0.2) is 29.6 Å². The number of nitrogens with two attached hydrogens (primary N) is 1. The Morgan fingerprint density at radius 3 is 2.82 bits per heavy atom. The number of aromatic nitrogens is 1. The van der Waals surface area contributed by atoms with Crippen molar-refractivity contribution in [1.82, 2.24) is 10.3 Å². The maximum absolute atomic E-state index is 12.1. The molecule has 6 heteroatoms. The summed E-state index contributed by atoms with van der Waals surface area (Å²) in [5, 5.41) is 5.46. The summed E-state index contributed by atoms with van der Waals surface area (Å²) in [6.07, 6.45) is 2.35. The van der Waals surface area contributed by atoms with E-state index in [2.05, 4.69) is 10.3 Å². The smallest absolute Gasteiger partial charge is 0.270 e. The summed E-state index contributed by atoms with van der Waals surface area (Å²) < 4.78 is 5.13. The topological polar surface area (TPSA) is 77.2 Å². The summed E-state index contributed by atoms with van der Waals surface area (Å²) in [5.41, 5.74) is 7.40. The van der Waals surface area contributed by atoms with Crippen LogP contribution in [-0.4, -0.2) is 30.6 Å². The zero-order valence-corrected chi connectivity index (χ0v) is 13.2. The Kier molecular flexibility index (Phi) is 4.40. The average molecular weight is 317 g/mol. The van der Waals surface area contributed by atoms with Crippen LogP contribution >= 0.6 is 11.3 Å². The van der Waals surface area contributed by atoms with E-state index in [1.54, 1.807) is 12.5 Å². The third-order valence-electron chi connectivity index (χ3n) is 3.80. The Morgan fingerprint density at radius 2 is 2.18 bits per heavy atom. The summed E-state index contributed by atoms with van der Waals surface area (Å²) >= 11 is 1.45. The van der Waals surface area contributed by atoms with E-state index in [1.165, 1.54) is 24.2 Å². The normalized spacial score (nSPS) is 15.4. The van der Waals surface area contributed by atoms with Gasteiger partial charge in [0.15, 0.2) is 0 Å². The van der Waals surface area contributed by atoms with Gasteiger partial charge in [0.1, 0.15) is 16.5 Å². The van der Waals surface area contributed by atoms with Gasteiger partial charge in [0.05, 0.1) is 7.11 Å². The van der Waals surface area contributed by atoms with Crippen LogP contribution in [0.3, 0.4) is 0 Å². The number of carbonyl (C=O) groups excluding carboxylic acids is 1. The highest BCUT2D eigenvalue weighted by Crippen LogP contribution is 2.31. The minimum Gasteiger partial charge on any atom is -0.497 e. The molecule has 1 aliphatic rings. The molecule has 0 saturated heterocycles. The first-order valence-corrected chi connectivity index (χ1v) is 8.19. The molecule has 1 amide bonds. The number of methoxy groups -OCH3 is 1. The van der Waals surface area contributed by atoms with Gasteiger partial charge < -0.3 is 15.8 Å². The van der Waals surface area contributed by atoms with E-state index in [4.69, 9.17) is 10.5 Å². The number of hydrogen-bond donors (Lipinski definition) is 2. The molecule has 0 bridgehead atoms. The largest absolute Gasteiger partial charge is 0.497 e. The molecule has 0 radical (unpaired) electrons. The van der Waals surface area contributed by atoms with Crippen molar-refractivity contribution in [2.45, 2.75) is 18.9 Å². The Hall–Kier alpha value is -1.92. The minimum absolute atomic E-state index is 0.0589. The van der Waals surface area contributed by atoms with Crippen LogP contribution in [0.2, 0.25) is 0 Å². The van der Waals surface area contributed by atoms with E-state index in [1.807, 2.05) is 24.3 Å². The summed E-state index contributed by atoms with van der Waals surface area (Å²) in [4.78, 5) is 16.5. The number of nitrogens with one attached hydrogen (secondary N) is 1. The predicted octanol–water partition coefficient (Wildman–Crippen LogP) is 2.29. The van der Waals surface area contributed by atoms with E-state index < -0.39 is 0 Å². The number of nitrogens with zero attached hydrogens (tertiary/aromatic N) is 1. The second-order valence-electron chi connectivity index (χ2n) is 5.48. The molecule has 3 N–H and O–H groups in total. The number of ether oxygens (including phenoxy) is 1. The molecule has 2 aromatic rings. The lowest BCUT2D eigenvalue weighted by molar-refractivity contribution is 0.0946. The summed E-state index contributed by atoms with van der Waals surface area (Å²) in [6, 6.07) is 7.68. The maximum atomic E-state index is 12.1. The molecule has 1 atom stereocenters. The lowest BCUT2D eigenvalue weighted by Gasteiger charge is -2.10. The van der Waals surface area contributed by atoms with Gasteiger partial charge in [-0.3, -0.25) is 4.79 Å². The van der Waals surface area contributed by atoms with E-state index in [-0.39, 0.29) is 11.9 Å². The second-order valence-corrected chi connectivity index (χ2v) is 6.34. The molecular formula is C16H19N3O2S. The van der Waals surface area contributed by atoms with E-state index in [0.717, 1.165) is 16.3 Å². The van der Waals surface area contributed by atoms with Gasteiger partial charge in [0, 0.05) is 23.5 Å². The van der Waals surface area contributed by atoms with Gasteiger partial charge in [-0.05, 0) is 43.0 Å². The van der Waals surface area contributed by atoms with Gasteiger partial charge in [-0.2, -0.15) is 0 Å². The van der Waals surface area contributed by atoms with Crippen molar-refractivity contribution in [1.29, 1.82) is 0 Å². The Morgan fingerprint density at radius 1 is 1.45 bits per heavy atom. The molecular weight excluding hydrogens is 298 g/mol. The molecule has 1 aromatic heterocycles. The predicted molar refractivity (Wildman–Crippen MR) is 87.1 cm³/mol. The van der Waals surface area contributed by atoms with Gasteiger partial charge in [-0.25, -0.2) is 4.98 Å². The van der Waals surface area contributed by atoms with Gasteiger partial charge >= 0.3 is 0 Å². The van der Waals surface area contributed by atoms with Crippen molar-refractivity contribution in [3.63, 3.8) is 0 Å². The quantitative estimate of drug-likeness (QED) is 0.857. The first-order valence-electron chi connectivity index (χ1n) is 7.31. The molecule has 1 unspecified atom stereocenters. The molecule has 0 aliphatic heterocycles. The number of thiazole rings is 1. The number of hydrogen-bond acceptors (Lipinski definition) is 5. The van der Waals surface area contributed by atoms with Crippen LogP contribution in [0, 0.1) is 5.92 Å². The summed E-state index contributed by atoms with van der Waals surface area (Å²) in [6.45, 7) is 0.513. The second kappa shape index (κ2) is 6.46. The van der Waals surface area contributed by atoms with Crippen LogP contribution in [0.1, 0.15) is 23.3 Å². The van der Waals surface area contributed by atoms with Crippen molar-refractivity contribution in [2.24, 2.45) is 11.7 Å². The monoisotopic (exact) mass is 317 g/mol. The van der Waals surface area contributed by atoms with Crippen LogP contribution in [0.5, 0.6) is 5.75 Å². The SMILES string of the molecule is COc1ccc(-c2nc(C(=O)NCC(N)C3CC3)cs2)cc1. The Balaban J connectivity index is 1.62. The van der Waals surface area contributed by atoms with E-state index >= 15 is 0 Å². The van der Waals surface area contributed by atoms with E-state index in [9.17, 15) is 4.79 Å². The van der Waals surface area contributed by atoms with Crippen molar-refractivity contribution in [3.8, 4) is 16.3 Å². The van der Waals surface area contributed by atoms with Crippen LogP contribution in [-0.2, 0) is 0 Å². The maximum Gasteiger partial charge on any atom is 0.270 e. The van der Waals surface area contributed by atoms with Crippen molar-refractivity contribution >= 4 is 17.2 Å². The molecule has 1 saturated carbocycles. The van der Waals surface area contributed by atoms with E-state index in [0.29, 0.717) is 18.2 Å². The highest BCUT2D eigenvalue weighted by atomic mass is 32.1. The van der Waals surface area contributed by atoms with Gasteiger partial charge in [0.2, 0.25) is 0 Å². The summed E-state index contributed by atoms with van der Waals surface area (Å²) in [7, 11) is 1.63. The minimum atomic E-state index is -0.160. The van der Waals surface area contributed by atoms with Crippen LogP contribution in [0.25, 0.3) is 10.6 Å². The van der Waals surface area contributed by atoms with Crippen LogP contribution < -0.4 is 15.8 Å². The molecule has 1 heterocycles. The molecule has 0 spiro atoms. The fraction of sp³-hybridized carbons (Fsp3) is 0.375. The Bertz CT molecular complexity index is 650. The number of carbonyl (C=O) groups is 1. The van der Waals surface area contributed by atoms with Crippen molar-refractivity contribution < 1.29 is 9.53 Å². The van der Waals surface area contributed by atoms with Crippen molar-refractivity contribution in [2.75, 3.05) is 13.7 Å². The van der Waals surface area contributed by atoms with Gasteiger partial charge in [-0.1, -0.05) is 0 Å². The molecule has 22 heavy (non-hydrogen) atoms. The van der Waals surface area contributed by atoms with Gasteiger partial charge in [-0.15, -0.1) is 11.3 Å². The third-order valence-corrected chi connectivity index (χ3v) is 4.69. The Labute approximate surface area is 133 Å². The van der Waals surface area contributed by atoms with Gasteiger partial charge in [0.25, 0.3) is 5.91 Å². The molecule has 3 rings (SSSR count). The molecule has 5 nitrogen and oxygen atoms in total. The summed E-state index contributed by atoms with van der Waals surface area (Å²) in [5.74, 6) is 1.21. The van der Waals surface area contributed by atoms with Crippen molar-refractivity contribution in [3.05, 3.63) is 35.3 Å². The standard InChI is InChI=1S/C16H19N3O2S/c1-21-12-6-4-11(5-7-12)16-19-14(9-22-16)15(20)18-8-13(17)10-2-3-10/h4-7,9-10,13H,2-3,8,17H2,1H3,(H,18,20). The molecule has 1 fully saturated rings. The lowest BCUT2D eigenvalue weighted by atomic mass is 10.2. The highest BCUT2D eigenvalue weighted by Gasteiger charge is 2.28. The molecule has 116 valence electrons. The zero-order valence-electron chi connectivity index (χ0n) is 12.4.